The van der Waals surface area contributed by atoms with E-state index in [9.17, 15) is 13.2 Å². The van der Waals surface area contributed by atoms with Crippen molar-refractivity contribution in [1.29, 1.82) is 0 Å². The highest BCUT2D eigenvalue weighted by atomic mass is 32.2. The van der Waals surface area contributed by atoms with Crippen molar-refractivity contribution in [3.63, 3.8) is 0 Å². The van der Waals surface area contributed by atoms with Crippen LogP contribution in [0.2, 0.25) is 0 Å². The van der Waals surface area contributed by atoms with Gasteiger partial charge in [0.1, 0.15) is 0 Å². The molecule has 33 heavy (non-hydrogen) atoms. The zero-order valence-electron chi connectivity index (χ0n) is 18.7. The Morgan fingerprint density at radius 3 is 2.39 bits per heavy atom. The highest BCUT2D eigenvalue weighted by molar-refractivity contribution is 7.90. The van der Waals surface area contributed by atoms with Crippen molar-refractivity contribution in [1.82, 2.24) is 23.6 Å². The van der Waals surface area contributed by atoms with Crippen LogP contribution in [0.5, 0.6) is 0 Å². The molecule has 0 spiro atoms. The van der Waals surface area contributed by atoms with Crippen LogP contribution in [-0.4, -0.2) is 33.2 Å². The Labute approximate surface area is 191 Å². The number of nitrogens with zero attached hydrogens (tertiary/aromatic N) is 4. The van der Waals surface area contributed by atoms with Gasteiger partial charge in [-0.05, 0) is 44.2 Å². The van der Waals surface area contributed by atoms with Gasteiger partial charge in [-0.25, -0.2) is 13.1 Å². The van der Waals surface area contributed by atoms with Gasteiger partial charge >= 0.3 is 0 Å². The molecule has 0 unspecified atom stereocenters. The summed E-state index contributed by atoms with van der Waals surface area (Å²) in [6.07, 6.45) is 1.81. The zero-order valence-corrected chi connectivity index (χ0v) is 19.5. The summed E-state index contributed by atoms with van der Waals surface area (Å²) < 4.78 is 34.0. The molecule has 0 saturated heterocycles. The van der Waals surface area contributed by atoms with Crippen LogP contribution in [0.1, 0.15) is 21.7 Å². The second kappa shape index (κ2) is 7.35. The smallest absolute Gasteiger partial charge is 0.266 e. The molecule has 1 amide bonds. The first-order valence-electron chi connectivity index (χ1n) is 10.4. The van der Waals surface area contributed by atoms with Gasteiger partial charge in [-0.15, -0.1) is 0 Å². The first kappa shape index (κ1) is 21.0. The van der Waals surface area contributed by atoms with Crippen LogP contribution in [0.4, 0.5) is 0 Å². The van der Waals surface area contributed by atoms with E-state index in [1.807, 2.05) is 66.7 Å². The third-order valence-corrected chi connectivity index (χ3v) is 7.36. The van der Waals surface area contributed by atoms with Crippen molar-refractivity contribution in [3.05, 3.63) is 77.7 Å². The predicted octanol–water partition coefficient (Wildman–Crippen LogP) is 3.59. The molecule has 0 saturated carbocycles. The van der Waals surface area contributed by atoms with Gasteiger partial charge < -0.3 is 9.13 Å². The van der Waals surface area contributed by atoms with E-state index in [0.29, 0.717) is 11.5 Å². The van der Waals surface area contributed by atoms with Crippen LogP contribution in [0.3, 0.4) is 0 Å². The number of aryl methyl sites for hydroxylation is 3. The summed E-state index contributed by atoms with van der Waals surface area (Å²) in [5.41, 5.74) is 3.61. The van der Waals surface area contributed by atoms with Crippen LogP contribution < -0.4 is 4.72 Å². The van der Waals surface area contributed by atoms with Crippen molar-refractivity contribution in [2.45, 2.75) is 18.7 Å². The van der Waals surface area contributed by atoms with Crippen molar-refractivity contribution in [2.24, 2.45) is 14.1 Å². The van der Waals surface area contributed by atoms with Gasteiger partial charge in [-0.2, -0.15) is 5.10 Å². The van der Waals surface area contributed by atoms with Crippen LogP contribution in [0.25, 0.3) is 27.6 Å². The summed E-state index contributed by atoms with van der Waals surface area (Å²) in [6, 6.07) is 16.2. The number of hydrogen-bond donors (Lipinski definition) is 1. The third-order valence-electron chi connectivity index (χ3n) is 6.03. The van der Waals surface area contributed by atoms with Gasteiger partial charge in [0.2, 0.25) is 0 Å². The molecular weight excluding hydrogens is 438 g/mol. The van der Waals surface area contributed by atoms with Crippen LogP contribution in [0, 0.1) is 13.8 Å². The number of sulfonamides is 1. The number of amides is 1. The first-order chi connectivity index (χ1) is 15.7. The van der Waals surface area contributed by atoms with Gasteiger partial charge in [-0.3, -0.25) is 9.48 Å². The molecular formula is C24H23N5O3S. The number of carbonyl (C=O) groups is 1. The number of carbonyl (C=O) groups excluding carboxylic acids is 1. The second-order valence-electron chi connectivity index (χ2n) is 8.16. The number of para-hydroxylation sites is 1. The average molecular weight is 462 g/mol. The molecule has 2 aromatic carbocycles. The van der Waals surface area contributed by atoms with E-state index < -0.39 is 15.9 Å². The maximum Gasteiger partial charge on any atom is 0.266 e. The lowest BCUT2D eigenvalue weighted by molar-refractivity contribution is 0.0981. The van der Waals surface area contributed by atoms with Crippen LogP contribution in [0.15, 0.2) is 65.7 Å². The number of fused-ring (bicyclic) bond motifs is 3. The molecule has 0 atom stereocenters. The molecule has 0 aliphatic heterocycles. The van der Waals surface area contributed by atoms with E-state index in [1.54, 1.807) is 29.8 Å². The highest BCUT2D eigenvalue weighted by Crippen LogP contribution is 2.30. The third kappa shape index (κ3) is 3.32. The predicted molar refractivity (Wildman–Crippen MR) is 127 cm³/mol. The fourth-order valence-electron chi connectivity index (χ4n) is 4.42. The topological polar surface area (TPSA) is 90.9 Å². The fraction of sp³-hybridized carbons (Fsp3) is 0.167. The average Bonchev–Trinajstić information content (AvgIpc) is 3.42. The standard InChI is InChI=1S/C24H23N5O3S/c1-15-13-19(16(2)29(15)23-11-12-27(3)25-23)24(30)26-33(31,32)17-9-10-22-20(14-17)18-7-5-6-8-21(18)28(22)4/h5-14H,1-4H3,(H,26,30). The Hall–Kier alpha value is -3.85. The van der Waals surface area contributed by atoms with E-state index in [1.165, 1.54) is 6.07 Å². The molecule has 0 aliphatic carbocycles. The lowest BCUT2D eigenvalue weighted by Crippen LogP contribution is -2.30. The Kier molecular flexibility index (Phi) is 4.68. The number of benzene rings is 2. The Morgan fingerprint density at radius 1 is 0.939 bits per heavy atom. The van der Waals surface area contributed by atoms with Crippen molar-refractivity contribution in [3.8, 4) is 5.82 Å². The highest BCUT2D eigenvalue weighted by Gasteiger charge is 2.24. The van der Waals surface area contributed by atoms with Crippen LogP contribution >= 0.6 is 0 Å². The van der Waals surface area contributed by atoms with E-state index in [0.717, 1.165) is 27.5 Å². The molecule has 3 aromatic heterocycles. The van der Waals surface area contributed by atoms with Gasteiger partial charge in [0, 0.05) is 59.6 Å². The summed E-state index contributed by atoms with van der Waals surface area (Å²) in [6.45, 7) is 3.62. The van der Waals surface area contributed by atoms with Gasteiger partial charge in [0.25, 0.3) is 15.9 Å². The number of aromatic nitrogens is 4. The van der Waals surface area contributed by atoms with E-state index in [-0.39, 0.29) is 10.5 Å². The van der Waals surface area contributed by atoms with Crippen LogP contribution in [-0.2, 0) is 24.1 Å². The molecule has 168 valence electrons. The lowest BCUT2D eigenvalue weighted by atomic mass is 10.1. The maximum absolute atomic E-state index is 13.1. The summed E-state index contributed by atoms with van der Waals surface area (Å²) >= 11 is 0. The minimum atomic E-state index is -4.08. The lowest BCUT2D eigenvalue weighted by Gasteiger charge is -2.09. The quantitative estimate of drug-likeness (QED) is 0.443. The van der Waals surface area contributed by atoms with Crippen molar-refractivity contribution >= 4 is 37.7 Å². The van der Waals surface area contributed by atoms with Crippen molar-refractivity contribution in [2.75, 3.05) is 0 Å². The molecule has 0 aliphatic rings. The summed E-state index contributed by atoms with van der Waals surface area (Å²) in [5.74, 6) is -0.0147. The minimum absolute atomic E-state index is 0.0400. The van der Waals surface area contributed by atoms with Gasteiger partial charge in [-0.1, -0.05) is 18.2 Å². The second-order valence-corrected chi connectivity index (χ2v) is 9.84. The molecule has 5 aromatic rings. The largest absolute Gasteiger partial charge is 0.344 e. The van der Waals surface area contributed by atoms with E-state index in [2.05, 4.69) is 9.82 Å². The van der Waals surface area contributed by atoms with Gasteiger partial charge in [0.15, 0.2) is 5.82 Å². The minimum Gasteiger partial charge on any atom is -0.344 e. The molecule has 3 heterocycles. The maximum atomic E-state index is 13.1. The Morgan fingerprint density at radius 2 is 1.67 bits per heavy atom. The van der Waals surface area contributed by atoms with E-state index in [4.69, 9.17) is 0 Å². The number of nitrogens with one attached hydrogen (secondary N) is 1. The number of rotatable bonds is 4. The fourth-order valence-corrected chi connectivity index (χ4v) is 5.41. The molecule has 0 radical (unpaired) electrons. The van der Waals surface area contributed by atoms with E-state index >= 15 is 0 Å². The monoisotopic (exact) mass is 461 g/mol. The molecule has 0 bridgehead atoms. The summed E-state index contributed by atoms with van der Waals surface area (Å²) in [7, 11) is -0.325. The van der Waals surface area contributed by atoms with Crippen molar-refractivity contribution < 1.29 is 13.2 Å². The summed E-state index contributed by atoms with van der Waals surface area (Å²) in [4.78, 5) is 13.0. The normalized spacial score (nSPS) is 12.0. The Balaban J connectivity index is 1.51. The molecule has 9 heteroatoms. The number of hydrogen-bond acceptors (Lipinski definition) is 4. The molecule has 0 fully saturated rings. The van der Waals surface area contributed by atoms with Gasteiger partial charge in [0.05, 0.1) is 10.5 Å². The SMILES string of the molecule is Cc1cc(C(=O)NS(=O)(=O)c2ccc3c(c2)c2ccccc2n3C)c(C)n1-c1ccn(C)n1. The zero-order chi connectivity index (χ0) is 23.5. The molecule has 1 N–H and O–H groups in total. The molecule has 5 rings (SSSR count). The summed E-state index contributed by atoms with van der Waals surface area (Å²) in [5, 5.41) is 6.15. The Bertz CT molecular complexity index is 1670. The molecule has 8 nitrogen and oxygen atoms in total. The first-order valence-corrected chi connectivity index (χ1v) is 11.9.